The number of hydrogen-bond acceptors (Lipinski definition) is 0. The fourth-order valence-corrected chi connectivity index (χ4v) is 6.53. The van der Waals surface area contributed by atoms with Gasteiger partial charge in [-0.3, -0.25) is 0 Å². The Kier molecular flexibility index (Phi) is 5.24. The Morgan fingerprint density at radius 3 is 1.43 bits per heavy atom. The summed E-state index contributed by atoms with van der Waals surface area (Å²) in [5, 5.41) is 5.22. The lowest BCUT2D eigenvalue weighted by atomic mass is 9.82. The predicted octanol–water partition coefficient (Wildman–Crippen LogP) is 11.1. The van der Waals surface area contributed by atoms with Crippen molar-refractivity contribution in [3.05, 3.63) is 157 Å². The van der Waals surface area contributed by atoms with E-state index in [2.05, 4.69) is 158 Å². The largest absolute Gasteiger partial charge is 0.0622 e. The summed E-state index contributed by atoms with van der Waals surface area (Å²) in [6.07, 6.45) is 4.47. The Bertz CT molecular complexity index is 1970. The van der Waals surface area contributed by atoms with Crippen LogP contribution in [0.15, 0.2) is 146 Å². The number of fused-ring (bicyclic) bond motifs is 4. The summed E-state index contributed by atoms with van der Waals surface area (Å²) < 4.78 is 0. The first-order valence-electron chi connectivity index (χ1n) is 13.9. The lowest BCUT2D eigenvalue weighted by Gasteiger charge is -2.20. The molecule has 0 saturated carbocycles. The van der Waals surface area contributed by atoms with Crippen molar-refractivity contribution in [2.45, 2.75) is 0 Å². The third-order valence-corrected chi connectivity index (χ3v) is 8.21. The van der Waals surface area contributed by atoms with Gasteiger partial charge in [-0.05, 0) is 77.2 Å². The highest BCUT2D eigenvalue weighted by atomic mass is 14.3. The van der Waals surface area contributed by atoms with Gasteiger partial charge in [0.05, 0.1) is 0 Å². The van der Waals surface area contributed by atoms with Crippen LogP contribution >= 0.6 is 0 Å². The van der Waals surface area contributed by atoms with Gasteiger partial charge >= 0.3 is 0 Å². The summed E-state index contributed by atoms with van der Waals surface area (Å²) in [6.45, 7) is 0. The Hall–Kier alpha value is -5.20. The Balaban J connectivity index is 1.50. The molecule has 0 heteroatoms. The second-order valence-electron chi connectivity index (χ2n) is 10.5. The van der Waals surface area contributed by atoms with Crippen molar-refractivity contribution in [1.82, 2.24) is 0 Å². The lowest BCUT2D eigenvalue weighted by molar-refractivity contribution is 1.62. The summed E-state index contributed by atoms with van der Waals surface area (Å²) in [6, 6.07) is 52.7. The van der Waals surface area contributed by atoms with E-state index >= 15 is 0 Å². The van der Waals surface area contributed by atoms with Crippen molar-refractivity contribution in [2.75, 3.05) is 0 Å². The highest BCUT2D eigenvalue weighted by molar-refractivity contribution is 6.28. The smallest absolute Gasteiger partial charge is 0.000741 e. The predicted molar refractivity (Wildman–Crippen MR) is 172 cm³/mol. The minimum Gasteiger partial charge on any atom is -0.0622 e. The van der Waals surface area contributed by atoms with Crippen molar-refractivity contribution in [2.24, 2.45) is 0 Å². The summed E-state index contributed by atoms with van der Waals surface area (Å²) in [5.74, 6) is 0. The number of hydrogen-bond donors (Lipinski definition) is 0. The van der Waals surface area contributed by atoms with E-state index in [0.717, 1.165) is 0 Å². The molecular formula is C40H26. The molecule has 0 N–H and O–H groups in total. The third-order valence-electron chi connectivity index (χ3n) is 8.21. The topological polar surface area (TPSA) is 0 Å². The average molecular weight is 507 g/mol. The maximum absolute atomic E-state index is 2.35. The molecule has 0 aliphatic heterocycles. The molecule has 0 nitrogen and oxygen atoms in total. The van der Waals surface area contributed by atoms with E-state index in [9.17, 15) is 0 Å². The summed E-state index contributed by atoms with van der Waals surface area (Å²) in [7, 11) is 0. The van der Waals surface area contributed by atoms with Gasteiger partial charge in [0.2, 0.25) is 0 Å². The number of benzene rings is 7. The Morgan fingerprint density at radius 2 is 0.825 bits per heavy atom. The van der Waals surface area contributed by atoms with Crippen molar-refractivity contribution in [3.63, 3.8) is 0 Å². The Morgan fingerprint density at radius 1 is 0.325 bits per heavy atom. The fraction of sp³-hybridized carbons (Fsp3) is 0. The lowest BCUT2D eigenvalue weighted by Crippen LogP contribution is -1.93. The van der Waals surface area contributed by atoms with Crippen LogP contribution < -0.4 is 0 Å². The van der Waals surface area contributed by atoms with Gasteiger partial charge in [0.1, 0.15) is 0 Å². The molecule has 0 fully saturated rings. The van der Waals surface area contributed by atoms with E-state index in [-0.39, 0.29) is 0 Å². The molecule has 0 saturated heterocycles. The van der Waals surface area contributed by atoms with Crippen LogP contribution in [0.2, 0.25) is 0 Å². The molecule has 8 rings (SSSR count). The van der Waals surface area contributed by atoms with Crippen LogP contribution in [0.25, 0.3) is 78.2 Å². The normalized spacial score (nSPS) is 11.9. The van der Waals surface area contributed by atoms with E-state index in [1.165, 1.54) is 77.2 Å². The van der Waals surface area contributed by atoms with E-state index in [1.54, 1.807) is 0 Å². The molecule has 0 unspecified atom stereocenters. The van der Waals surface area contributed by atoms with Crippen molar-refractivity contribution >= 4 is 33.7 Å². The van der Waals surface area contributed by atoms with Crippen LogP contribution in [0, 0.1) is 0 Å². The van der Waals surface area contributed by atoms with Gasteiger partial charge in [-0.25, -0.2) is 0 Å². The van der Waals surface area contributed by atoms with Gasteiger partial charge in [-0.15, -0.1) is 0 Å². The number of rotatable bonds is 4. The first-order valence-corrected chi connectivity index (χ1v) is 13.9. The molecule has 0 heterocycles. The van der Waals surface area contributed by atoms with Crippen LogP contribution in [-0.2, 0) is 0 Å². The second-order valence-corrected chi connectivity index (χ2v) is 10.5. The van der Waals surface area contributed by atoms with Crippen LogP contribution in [-0.4, -0.2) is 0 Å². The molecule has 0 radical (unpaired) electrons. The zero-order valence-corrected chi connectivity index (χ0v) is 22.0. The van der Waals surface area contributed by atoms with Gasteiger partial charge in [-0.1, -0.05) is 158 Å². The van der Waals surface area contributed by atoms with E-state index in [1.807, 2.05) is 0 Å². The van der Waals surface area contributed by atoms with Gasteiger partial charge < -0.3 is 0 Å². The summed E-state index contributed by atoms with van der Waals surface area (Å²) in [5.41, 5.74) is 12.9. The Labute approximate surface area is 234 Å². The monoisotopic (exact) mass is 506 g/mol. The molecule has 0 bridgehead atoms. The molecule has 0 amide bonds. The minimum absolute atomic E-state index is 1.21. The minimum atomic E-state index is 1.21. The quantitative estimate of drug-likeness (QED) is 0.208. The molecule has 0 aromatic heterocycles. The molecule has 0 atom stereocenters. The molecule has 1 aliphatic rings. The van der Waals surface area contributed by atoms with Crippen molar-refractivity contribution in [3.8, 4) is 44.5 Å². The first-order chi connectivity index (χ1) is 19.9. The molecule has 186 valence electrons. The maximum Gasteiger partial charge on any atom is -0.000741 e. The second kappa shape index (κ2) is 9.22. The first kappa shape index (κ1) is 22.8. The zero-order valence-electron chi connectivity index (χ0n) is 22.0. The SMILES string of the molecule is C(=Cc1ccc2c3c(cccc13)-c1c-2c(-c2ccccc2)c2ccccc2c1-c1ccccc1)c1ccccc1. The fourth-order valence-electron chi connectivity index (χ4n) is 6.53. The summed E-state index contributed by atoms with van der Waals surface area (Å²) in [4.78, 5) is 0. The van der Waals surface area contributed by atoms with Gasteiger partial charge in [0.15, 0.2) is 0 Å². The van der Waals surface area contributed by atoms with Crippen molar-refractivity contribution < 1.29 is 0 Å². The highest BCUT2D eigenvalue weighted by Gasteiger charge is 2.30. The average Bonchev–Trinajstić information content (AvgIpc) is 3.36. The molecule has 7 aromatic rings. The van der Waals surface area contributed by atoms with Crippen LogP contribution in [0.4, 0.5) is 0 Å². The van der Waals surface area contributed by atoms with E-state index in [0.29, 0.717) is 0 Å². The molecular weight excluding hydrogens is 480 g/mol. The van der Waals surface area contributed by atoms with E-state index < -0.39 is 0 Å². The van der Waals surface area contributed by atoms with Gasteiger partial charge in [-0.2, -0.15) is 0 Å². The van der Waals surface area contributed by atoms with Crippen LogP contribution in [0.3, 0.4) is 0 Å². The zero-order chi connectivity index (χ0) is 26.5. The van der Waals surface area contributed by atoms with E-state index in [4.69, 9.17) is 0 Å². The highest BCUT2D eigenvalue weighted by Crippen LogP contribution is 2.57. The molecule has 40 heavy (non-hydrogen) atoms. The van der Waals surface area contributed by atoms with Crippen LogP contribution in [0.1, 0.15) is 11.1 Å². The van der Waals surface area contributed by atoms with Crippen LogP contribution in [0.5, 0.6) is 0 Å². The van der Waals surface area contributed by atoms with Crippen molar-refractivity contribution in [1.29, 1.82) is 0 Å². The maximum atomic E-state index is 2.35. The third kappa shape index (κ3) is 3.47. The molecule has 0 spiro atoms. The molecule has 7 aromatic carbocycles. The summed E-state index contributed by atoms with van der Waals surface area (Å²) >= 11 is 0. The van der Waals surface area contributed by atoms with Gasteiger partial charge in [0, 0.05) is 0 Å². The van der Waals surface area contributed by atoms with Gasteiger partial charge in [0.25, 0.3) is 0 Å². The standard InChI is InChI=1S/C40H26/c1-4-13-27(14-5-1)23-24-28-25-26-35-38-31(28)21-12-22-34(38)39-36(29-15-6-2-7-16-29)32-19-10-11-20-33(32)37(40(35)39)30-17-8-3-9-18-30/h1-26H. The molecule has 1 aliphatic carbocycles.